The maximum absolute atomic E-state index is 11.2. The molecule has 1 aromatic carbocycles. The molecule has 0 fully saturated rings. The smallest absolute Gasteiger partial charge is 0.337 e. The number of carbonyl (C=O) groups excluding carboxylic acids is 1. The number of benzene rings is 1. The summed E-state index contributed by atoms with van der Waals surface area (Å²) in [5.41, 5.74) is 9.37. The molecular formula is C9H8BrN3O2. The van der Waals surface area contributed by atoms with Gasteiger partial charge in [-0.1, -0.05) is 21.0 Å². The Morgan fingerprint density at radius 1 is 1.67 bits per heavy atom. The summed E-state index contributed by atoms with van der Waals surface area (Å²) in [5, 5.41) is 3.43. The van der Waals surface area contributed by atoms with Gasteiger partial charge in [-0.15, -0.1) is 0 Å². The minimum absolute atomic E-state index is 0.196. The van der Waals surface area contributed by atoms with Gasteiger partial charge >= 0.3 is 5.97 Å². The monoisotopic (exact) mass is 269 g/mol. The number of methoxy groups -OCH3 is 1. The Labute approximate surface area is 94.8 Å². The van der Waals surface area contributed by atoms with Crippen molar-refractivity contribution in [2.75, 3.05) is 7.11 Å². The maximum atomic E-state index is 11.2. The normalized spacial score (nSPS) is 9.20. The highest BCUT2D eigenvalue weighted by Gasteiger charge is 2.07. The molecule has 15 heavy (non-hydrogen) atoms. The van der Waals surface area contributed by atoms with Crippen LogP contribution in [0, 0.1) is 0 Å². The number of halogens is 1. The molecule has 0 amide bonds. The van der Waals surface area contributed by atoms with Crippen LogP contribution < -0.4 is 0 Å². The predicted octanol–water partition coefficient (Wildman–Crippen LogP) is 3.05. The first-order valence-electron chi connectivity index (χ1n) is 4.06. The molecule has 0 saturated heterocycles. The molecule has 0 aliphatic carbocycles. The summed E-state index contributed by atoms with van der Waals surface area (Å²) < 4.78 is 5.37. The van der Waals surface area contributed by atoms with E-state index >= 15 is 0 Å². The van der Waals surface area contributed by atoms with Crippen LogP contribution in [0.2, 0.25) is 0 Å². The highest BCUT2D eigenvalue weighted by atomic mass is 79.9. The number of nitrogens with zero attached hydrogens (tertiary/aromatic N) is 3. The third-order valence-electron chi connectivity index (χ3n) is 1.77. The van der Waals surface area contributed by atoms with Crippen LogP contribution in [0.3, 0.4) is 0 Å². The minimum atomic E-state index is -0.412. The zero-order chi connectivity index (χ0) is 11.3. The van der Waals surface area contributed by atoms with Gasteiger partial charge in [0.05, 0.1) is 19.2 Å². The van der Waals surface area contributed by atoms with E-state index in [1.165, 1.54) is 7.11 Å². The van der Waals surface area contributed by atoms with Crippen molar-refractivity contribution in [3.63, 3.8) is 0 Å². The Morgan fingerprint density at radius 2 is 2.40 bits per heavy atom. The van der Waals surface area contributed by atoms with Crippen molar-refractivity contribution in [3.05, 3.63) is 44.2 Å². The number of hydrogen-bond acceptors (Lipinski definition) is 3. The van der Waals surface area contributed by atoms with Crippen LogP contribution in [0.15, 0.2) is 27.8 Å². The zero-order valence-electron chi connectivity index (χ0n) is 7.98. The molecule has 1 rings (SSSR count). The topological polar surface area (TPSA) is 75.1 Å². The molecule has 0 spiro atoms. The van der Waals surface area contributed by atoms with Gasteiger partial charge in [0.25, 0.3) is 0 Å². The lowest BCUT2D eigenvalue weighted by Crippen LogP contribution is -2.01. The molecule has 0 aliphatic rings. The van der Waals surface area contributed by atoms with Gasteiger partial charge in [0.1, 0.15) is 0 Å². The van der Waals surface area contributed by atoms with E-state index in [0.717, 1.165) is 10.0 Å². The molecule has 0 aliphatic heterocycles. The van der Waals surface area contributed by atoms with Crippen molar-refractivity contribution in [2.45, 2.75) is 6.54 Å². The molecule has 0 unspecified atom stereocenters. The number of carbonyl (C=O) groups is 1. The molecule has 0 aromatic heterocycles. The van der Waals surface area contributed by atoms with Gasteiger partial charge in [0.15, 0.2) is 0 Å². The molecule has 1 aromatic rings. The van der Waals surface area contributed by atoms with Crippen LogP contribution in [0.5, 0.6) is 0 Å². The van der Waals surface area contributed by atoms with E-state index in [-0.39, 0.29) is 6.54 Å². The molecule has 0 bridgehead atoms. The van der Waals surface area contributed by atoms with Crippen LogP contribution in [0.25, 0.3) is 10.4 Å². The van der Waals surface area contributed by atoms with Crippen LogP contribution in [-0.2, 0) is 11.3 Å². The Kier molecular flexibility index (Phi) is 4.15. The van der Waals surface area contributed by atoms with Crippen molar-refractivity contribution in [2.24, 2.45) is 5.11 Å². The highest BCUT2D eigenvalue weighted by Crippen LogP contribution is 2.19. The molecule has 0 heterocycles. The van der Waals surface area contributed by atoms with Gasteiger partial charge in [-0.3, -0.25) is 0 Å². The molecule has 6 heteroatoms. The average Bonchev–Trinajstić information content (AvgIpc) is 2.27. The molecule has 0 radical (unpaired) electrons. The summed E-state index contributed by atoms with van der Waals surface area (Å²) >= 11 is 3.30. The Bertz CT molecular complexity index is 427. The fraction of sp³-hybridized carbons (Fsp3) is 0.222. The van der Waals surface area contributed by atoms with E-state index in [0.29, 0.717) is 5.56 Å². The van der Waals surface area contributed by atoms with E-state index in [4.69, 9.17) is 5.53 Å². The van der Waals surface area contributed by atoms with Crippen LogP contribution >= 0.6 is 15.9 Å². The standard InChI is InChI=1S/C9H8BrN3O2/c1-15-9(14)6-2-3-8(10)7(4-6)5-12-13-11/h2-4H,5H2,1H3. The average molecular weight is 270 g/mol. The predicted molar refractivity (Wildman–Crippen MR) is 58.3 cm³/mol. The van der Waals surface area contributed by atoms with Crippen LogP contribution in [-0.4, -0.2) is 13.1 Å². The molecular weight excluding hydrogens is 262 g/mol. The van der Waals surface area contributed by atoms with E-state index in [9.17, 15) is 4.79 Å². The van der Waals surface area contributed by atoms with Crippen molar-refractivity contribution < 1.29 is 9.53 Å². The second-order valence-corrected chi connectivity index (χ2v) is 3.54. The Morgan fingerprint density at radius 3 is 3.00 bits per heavy atom. The van der Waals surface area contributed by atoms with Gasteiger partial charge in [0, 0.05) is 9.38 Å². The minimum Gasteiger partial charge on any atom is -0.465 e. The third kappa shape index (κ3) is 2.97. The zero-order valence-corrected chi connectivity index (χ0v) is 9.56. The number of rotatable bonds is 3. The van der Waals surface area contributed by atoms with Crippen molar-refractivity contribution in [3.8, 4) is 0 Å². The number of azide groups is 1. The van der Waals surface area contributed by atoms with E-state index in [2.05, 4.69) is 30.7 Å². The summed E-state index contributed by atoms with van der Waals surface area (Å²) in [6, 6.07) is 4.98. The van der Waals surface area contributed by atoms with Gasteiger partial charge in [-0.05, 0) is 29.3 Å². The molecule has 78 valence electrons. The summed E-state index contributed by atoms with van der Waals surface area (Å²) in [4.78, 5) is 13.9. The van der Waals surface area contributed by atoms with E-state index < -0.39 is 5.97 Å². The molecule has 5 nitrogen and oxygen atoms in total. The van der Waals surface area contributed by atoms with Crippen molar-refractivity contribution >= 4 is 21.9 Å². The van der Waals surface area contributed by atoms with E-state index in [1.807, 2.05) is 0 Å². The fourth-order valence-corrected chi connectivity index (χ4v) is 1.42. The quantitative estimate of drug-likeness (QED) is 0.366. The number of ether oxygens (including phenoxy) is 1. The lowest BCUT2D eigenvalue weighted by molar-refractivity contribution is 0.0600. The molecule has 0 atom stereocenters. The SMILES string of the molecule is COC(=O)c1ccc(Br)c(CN=[N+]=[N-])c1. The van der Waals surface area contributed by atoms with Gasteiger partial charge in [-0.25, -0.2) is 4.79 Å². The fourth-order valence-electron chi connectivity index (χ4n) is 1.05. The van der Waals surface area contributed by atoms with Crippen LogP contribution in [0.1, 0.15) is 15.9 Å². The number of esters is 1. The van der Waals surface area contributed by atoms with Gasteiger partial charge in [-0.2, -0.15) is 0 Å². The van der Waals surface area contributed by atoms with Crippen LogP contribution in [0.4, 0.5) is 0 Å². The molecule has 0 saturated carbocycles. The highest BCUT2D eigenvalue weighted by molar-refractivity contribution is 9.10. The van der Waals surface area contributed by atoms with Gasteiger partial charge < -0.3 is 4.74 Å². The second-order valence-electron chi connectivity index (χ2n) is 2.69. The largest absolute Gasteiger partial charge is 0.465 e. The lowest BCUT2D eigenvalue weighted by Gasteiger charge is -2.03. The summed E-state index contributed by atoms with van der Waals surface area (Å²) in [5.74, 6) is -0.412. The Hall–Kier alpha value is -1.52. The maximum Gasteiger partial charge on any atom is 0.337 e. The summed E-state index contributed by atoms with van der Waals surface area (Å²) in [6.45, 7) is 0.196. The summed E-state index contributed by atoms with van der Waals surface area (Å²) in [6.07, 6.45) is 0. The van der Waals surface area contributed by atoms with Crippen molar-refractivity contribution in [1.82, 2.24) is 0 Å². The Balaban J connectivity index is 3.04. The first kappa shape index (κ1) is 11.6. The van der Waals surface area contributed by atoms with Crippen molar-refractivity contribution in [1.29, 1.82) is 0 Å². The first-order chi connectivity index (χ1) is 7.19. The second kappa shape index (κ2) is 5.38. The van der Waals surface area contributed by atoms with Gasteiger partial charge in [0.2, 0.25) is 0 Å². The third-order valence-corrected chi connectivity index (χ3v) is 2.54. The number of hydrogen-bond donors (Lipinski definition) is 0. The first-order valence-corrected chi connectivity index (χ1v) is 4.86. The summed E-state index contributed by atoms with van der Waals surface area (Å²) in [7, 11) is 1.32. The lowest BCUT2D eigenvalue weighted by atomic mass is 10.1. The van der Waals surface area contributed by atoms with E-state index in [1.54, 1.807) is 18.2 Å². The molecule has 0 N–H and O–H groups in total.